The number of ether oxygens (including phenoxy) is 2. The van der Waals surface area contributed by atoms with E-state index in [4.69, 9.17) is 9.47 Å². The molecule has 1 aromatic heterocycles. The van der Waals surface area contributed by atoms with Crippen molar-refractivity contribution in [2.75, 3.05) is 57.6 Å². The van der Waals surface area contributed by atoms with Crippen LogP contribution in [0.15, 0.2) is 58.1 Å². The van der Waals surface area contributed by atoms with Crippen molar-refractivity contribution in [3.05, 3.63) is 70.6 Å². The normalized spacial score (nSPS) is 15.9. The zero-order valence-electron chi connectivity index (χ0n) is 26.8. The van der Waals surface area contributed by atoms with Gasteiger partial charge in [-0.2, -0.15) is 0 Å². The van der Waals surface area contributed by atoms with E-state index in [0.717, 1.165) is 69.5 Å². The summed E-state index contributed by atoms with van der Waals surface area (Å²) in [5.74, 6) is 1.75. The molecule has 3 heterocycles. The molecule has 0 spiro atoms. The highest BCUT2D eigenvalue weighted by molar-refractivity contribution is 7.93. The Balaban J connectivity index is 0.000000375. The van der Waals surface area contributed by atoms with Crippen LogP contribution in [0.3, 0.4) is 0 Å². The van der Waals surface area contributed by atoms with Gasteiger partial charge in [-0.05, 0) is 54.2 Å². The summed E-state index contributed by atoms with van der Waals surface area (Å²) in [4.78, 5) is 20.7. The zero-order valence-corrected chi connectivity index (χ0v) is 28.4. The molecule has 1 atom stereocenters. The van der Waals surface area contributed by atoms with Crippen LogP contribution in [-0.4, -0.2) is 76.8 Å². The Morgan fingerprint density at radius 3 is 2.27 bits per heavy atom. The second kappa shape index (κ2) is 15.8. The Labute approximate surface area is 267 Å². The fourth-order valence-electron chi connectivity index (χ4n) is 5.92. The number of likely N-dealkylation sites (N-methyl/N-ethyl adjacent to an activating group) is 1. The van der Waals surface area contributed by atoms with E-state index < -0.39 is 9.84 Å². The standard InChI is InChI=1S/C28H39N3O3.C6H8O2S2/c1-5-7-8-11-24(21-13-14-26(33-3)27(19-21)34-4)31-20-23-22(28(31)32)10-9-12-25(23)30-17-15-29(6-2)16-18-30;1-2-10(7,8)6-4-3-5-9-6/h9-10,12-14,19,24H,5-8,11,15-18,20H2,1-4H3;3-5H,2H2,1H3/t24-;/m1./s1. The summed E-state index contributed by atoms with van der Waals surface area (Å²) in [5, 5.41) is 1.77. The summed E-state index contributed by atoms with van der Waals surface area (Å²) >= 11 is 1.27. The molecule has 1 amide bonds. The van der Waals surface area contributed by atoms with Crippen LogP contribution in [0, 0.1) is 0 Å². The Morgan fingerprint density at radius 1 is 0.909 bits per heavy atom. The Kier molecular flexibility index (Phi) is 12.1. The molecule has 0 aliphatic carbocycles. The number of piperazine rings is 1. The van der Waals surface area contributed by atoms with Crippen LogP contribution in [0.25, 0.3) is 0 Å². The second-order valence-electron chi connectivity index (χ2n) is 11.1. The maximum absolute atomic E-state index is 13.7. The molecule has 10 heteroatoms. The van der Waals surface area contributed by atoms with E-state index in [2.05, 4.69) is 40.7 Å². The highest BCUT2D eigenvalue weighted by Crippen LogP contribution is 2.40. The van der Waals surface area contributed by atoms with Gasteiger partial charge in [-0.1, -0.05) is 58.2 Å². The first-order valence-electron chi connectivity index (χ1n) is 15.7. The number of unbranched alkanes of at least 4 members (excludes halogenated alkanes) is 2. The van der Waals surface area contributed by atoms with Crippen molar-refractivity contribution in [2.45, 2.75) is 63.3 Å². The number of thiophene rings is 1. The van der Waals surface area contributed by atoms with Gasteiger partial charge < -0.3 is 24.2 Å². The van der Waals surface area contributed by atoms with E-state index >= 15 is 0 Å². The molecule has 2 aromatic carbocycles. The lowest BCUT2D eigenvalue weighted by Crippen LogP contribution is -2.46. The number of nitrogens with zero attached hydrogens (tertiary/aromatic N) is 3. The van der Waals surface area contributed by atoms with E-state index in [1.54, 1.807) is 38.7 Å². The van der Waals surface area contributed by atoms with Crippen LogP contribution in [0.1, 0.15) is 74.0 Å². The van der Waals surface area contributed by atoms with Gasteiger partial charge in [0.15, 0.2) is 21.3 Å². The van der Waals surface area contributed by atoms with Gasteiger partial charge in [-0.15, -0.1) is 11.3 Å². The van der Waals surface area contributed by atoms with Crippen LogP contribution in [-0.2, 0) is 16.4 Å². The molecule has 1 fully saturated rings. The molecule has 240 valence electrons. The summed E-state index contributed by atoms with van der Waals surface area (Å²) in [6, 6.07) is 15.7. The van der Waals surface area contributed by atoms with Crippen LogP contribution < -0.4 is 14.4 Å². The summed E-state index contributed by atoms with van der Waals surface area (Å²) in [6.07, 6.45) is 4.33. The number of amides is 1. The number of sulfone groups is 1. The molecule has 2 aliphatic rings. The molecule has 2 aliphatic heterocycles. The third-order valence-corrected chi connectivity index (χ3v) is 11.8. The highest BCUT2D eigenvalue weighted by Gasteiger charge is 2.36. The second-order valence-corrected chi connectivity index (χ2v) is 14.6. The van der Waals surface area contributed by atoms with Crippen LogP contribution in [0.5, 0.6) is 11.5 Å². The molecule has 0 radical (unpaired) electrons. The van der Waals surface area contributed by atoms with Gasteiger partial charge in [0, 0.05) is 49.5 Å². The molecule has 1 saturated heterocycles. The number of rotatable bonds is 12. The third kappa shape index (κ3) is 7.76. The molecular weight excluding hydrogens is 595 g/mol. The van der Waals surface area contributed by atoms with E-state index in [-0.39, 0.29) is 17.7 Å². The fourth-order valence-corrected chi connectivity index (χ4v) is 8.05. The van der Waals surface area contributed by atoms with Gasteiger partial charge in [0.1, 0.15) is 4.21 Å². The highest BCUT2D eigenvalue weighted by atomic mass is 32.2. The van der Waals surface area contributed by atoms with Gasteiger partial charge in [-0.25, -0.2) is 8.42 Å². The number of carbonyl (C=O) groups is 1. The van der Waals surface area contributed by atoms with Crippen LogP contribution >= 0.6 is 11.3 Å². The van der Waals surface area contributed by atoms with Crippen molar-refractivity contribution in [2.24, 2.45) is 0 Å². The fraction of sp³-hybridized carbons (Fsp3) is 0.500. The smallest absolute Gasteiger partial charge is 0.255 e. The van der Waals surface area contributed by atoms with Gasteiger partial charge in [0.25, 0.3) is 5.91 Å². The van der Waals surface area contributed by atoms with Gasteiger partial charge >= 0.3 is 0 Å². The third-order valence-electron chi connectivity index (χ3n) is 8.56. The van der Waals surface area contributed by atoms with Crippen molar-refractivity contribution >= 4 is 32.8 Å². The molecule has 5 rings (SSSR count). The molecule has 0 N–H and O–H groups in total. The predicted molar refractivity (Wildman–Crippen MR) is 179 cm³/mol. The van der Waals surface area contributed by atoms with Crippen LogP contribution in [0.4, 0.5) is 5.69 Å². The number of carbonyl (C=O) groups excluding carboxylic acids is 1. The predicted octanol–water partition coefficient (Wildman–Crippen LogP) is 6.66. The molecule has 3 aromatic rings. The van der Waals surface area contributed by atoms with Crippen molar-refractivity contribution in [3.8, 4) is 11.5 Å². The zero-order chi connectivity index (χ0) is 31.7. The lowest BCUT2D eigenvalue weighted by Gasteiger charge is -2.36. The Bertz CT molecular complexity index is 1470. The summed E-state index contributed by atoms with van der Waals surface area (Å²) in [6.45, 7) is 12.0. The molecule has 0 unspecified atom stereocenters. The quantitative estimate of drug-likeness (QED) is 0.205. The lowest BCUT2D eigenvalue weighted by atomic mass is 9.98. The maximum atomic E-state index is 13.7. The van der Waals surface area contributed by atoms with Crippen molar-refractivity contribution in [1.82, 2.24) is 9.80 Å². The number of fused-ring (bicyclic) bond motifs is 1. The average Bonchev–Trinajstić information content (AvgIpc) is 3.73. The molecule has 44 heavy (non-hydrogen) atoms. The largest absolute Gasteiger partial charge is 0.493 e. The number of anilines is 1. The van der Waals surface area contributed by atoms with Crippen molar-refractivity contribution in [3.63, 3.8) is 0 Å². The molecule has 0 bridgehead atoms. The SMILES string of the molecule is CCCCC[C@H](c1ccc(OC)c(OC)c1)N1Cc2c(cccc2N2CCN(CC)CC2)C1=O.CCS(=O)(=O)c1cccs1. The van der Waals surface area contributed by atoms with Gasteiger partial charge in [-0.3, -0.25) is 4.79 Å². The van der Waals surface area contributed by atoms with Crippen molar-refractivity contribution < 1.29 is 22.7 Å². The van der Waals surface area contributed by atoms with Gasteiger partial charge in [0.05, 0.1) is 26.0 Å². The minimum atomic E-state index is -2.94. The average molecular weight is 642 g/mol. The topological polar surface area (TPSA) is 79.4 Å². The van der Waals surface area contributed by atoms with Crippen molar-refractivity contribution in [1.29, 1.82) is 0 Å². The Morgan fingerprint density at radius 2 is 1.66 bits per heavy atom. The summed E-state index contributed by atoms with van der Waals surface area (Å²) < 4.78 is 33.6. The summed E-state index contributed by atoms with van der Waals surface area (Å²) in [7, 11) is 0.377. The first-order chi connectivity index (χ1) is 21.3. The van der Waals surface area contributed by atoms with Crippen LogP contribution in [0.2, 0.25) is 0 Å². The van der Waals surface area contributed by atoms with Gasteiger partial charge in [0.2, 0.25) is 0 Å². The lowest BCUT2D eigenvalue weighted by molar-refractivity contribution is 0.0688. The van der Waals surface area contributed by atoms with E-state index in [0.29, 0.717) is 22.3 Å². The molecule has 0 saturated carbocycles. The monoisotopic (exact) mass is 641 g/mol. The Hall–Kier alpha value is -3.08. The maximum Gasteiger partial charge on any atom is 0.255 e. The number of methoxy groups -OCH3 is 2. The van der Waals surface area contributed by atoms with E-state index in [9.17, 15) is 13.2 Å². The minimum Gasteiger partial charge on any atom is -0.493 e. The number of benzene rings is 2. The number of hydrogen-bond acceptors (Lipinski definition) is 8. The first-order valence-corrected chi connectivity index (χ1v) is 18.2. The minimum absolute atomic E-state index is 0.0102. The summed E-state index contributed by atoms with van der Waals surface area (Å²) in [5.41, 5.74) is 4.37. The van der Waals surface area contributed by atoms with E-state index in [1.165, 1.54) is 22.6 Å². The first kappa shape index (κ1) is 33.8. The van der Waals surface area contributed by atoms with E-state index in [1.807, 2.05) is 24.3 Å². The molecule has 8 nitrogen and oxygen atoms in total. The number of hydrogen-bond donors (Lipinski definition) is 0. The molecular formula is C34H47N3O5S2.